The standard InChI is InChI=1S/C14H23ClN2/c1-5-14(2,17(3)4)13(16)10-11-7-6-8-12(15)9-11/h6-9,13H,5,10,16H2,1-4H3. The second-order valence-electron chi connectivity index (χ2n) is 5.05. The molecule has 0 saturated heterocycles. The Morgan fingerprint density at radius 2 is 2.06 bits per heavy atom. The molecule has 1 aromatic carbocycles. The highest BCUT2D eigenvalue weighted by atomic mass is 35.5. The van der Waals surface area contributed by atoms with Crippen molar-refractivity contribution in [3.63, 3.8) is 0 Å². The lowest BCUT2D eigenvalue weighted by Crippen LogP contribution is -2.55. The fourth-order valence-corrected chi connectivity index (χ4v) is 2.26. The van der Waals surface area contributed by atoms with Crippen molar-refractivity contribution in [1.82, 2.24) is 4.90 Å². The van der Waals surface area contributed by atoms with E-state index in [2.05, 4.69) is 38.9 Å². The molecular weight excluding hydrogens is 232 g/mol. The van der Waals surface area contributed by atoms with Crippen LogP contribution in [-0.2, 0) is 6.42 Å². The van der Waals surface area contributed by atoms with Gasteiger partial charge in [-0.3, -0.25) is 0 Å². The molecule has 1 rings (SSSR count). The van der Waals surface area contributed by atoms with Gasteiger partial charge in [-0.05, 0) is 51.6 Å². The number of hydrogen-bond acceptors (Lipinski definition) is 2. The zero-order chi connectivity index (χ0) is 13.1. The summed E-state index contributed by atoms with van der Waals surface area (Å²) in [5.41, 5.74) is 7.58. The van der Waals surface area contributed by atoms with Gasteiger partial charge in [0.25, 0.3) is 0 Å². The molecule has 17 heavy (non-hydrogen) atoms. The Kier molecular flexibility index (Phi) is 4.99. The molecule has 0 radical (unpaired) electrons. The van der Waals surface area contributed by atoms with E-state index in [1.165, 1.54) is 5.56 Å². The molecule has 0 amide bonds. The van der Waals surface area contributed by atoms with Crippen molar-refractivity contribution >= 4 is 11.6 Å². The molecule has 0 spiro atoms. The number of halogens is 1. The molecule has 0 aromatic heterocycles. The molecule has 96 valence electrons. The van der Waals surface area contributed by atoms with Crippen molar-refractivity contribution in [3.05, 3.63) is 34.9 Å². The Morgan fingerprint density at radius 1 is 1.41 bits per heavy atom. The van der Waals surface area contributed by atoms with E-state index < -0.39 is 0 Å². The van der Waals surface area contributed by atoms with Gasteiger partial charge >= 0.3 is 0 Å². The number of benzene rings is 1. The Morgan fingerprint density at radius 3 is 2.53 bits per heavy atom. The summed E-state index contributed by atoms with van der Waals surface area (Å²) in [6.45, 7) is 4.39. The van der Waals surface area contributed by atoms with Crippen LogP contribution in [0, 0.1) is 0 Å². The summed E-state index contributed by atoms with van der Waals surface area (Å²) in [6.07, 6.45) is 1.88. The molecule has 0 aliphatic carbocycles. The van der Waals surface area contributed by atoms with Gasteiger partial charge in [-0.15, -0.1) is 0 Å². The monoisotopic (exact) mass is 254 g/mol. The Hall–Kier alpha value is -0.570. The van der Waals surface area contributed by atoms with Crippen LogP contribution < -0.4 is 5.73 Å². The number of likely N-dealkylation sites (N-methyl/N-ethyl adjacent to an activating group) is 1. The van der Waals surface area contributed by atoms with Crippen molar-refractivity contribution in [2.45, 2.75) is 38.3 Å². The zero-order valence-corrected chi connectivity index (χ0v) is 12.0. The van der Waals surface area contributed by atoms with Crippen molar-refractivity contribution in [3.8, 4) is 0 Å². The molecular formula is C14H23ClN2. The normalized spacial score (nSPS) is 16.9. The molecule has 2 nitrogen and oxygen atoms in total. The number of nitrogens with two attached hydrogens (primary N) is 1. The van der Waals surface area contributed by atoms with Gasteiger partial charge in [0, 0.05) is 16.6 Å². The van der Waals surface area contributed by atoms with E-state index in [4.69, 9.17) is 17.3 Å². The summed E-state index contributed by atoms with van der Waals surface area (Å²) in [4.78, 5) is 2.21. The van der Waals surface area contributed by atoms with E-state index in [-0.39, 0.29) is 11.6 Å². The van der Waals surface area contributed by atoms with E-state index in [9.17, 15) is 0 Å². The Bertz CT molecular complexity index is 365. The van der Waals surface area contributed by atoms with E-state index in [1.807, 2.05) is 18.2 Å². The molecule has 2 unspecified atom stereocenters. The lowest BCUT2D eigenvalue weighted by Gasteiger charge is -2.41. The van der Waals surface area contributed by atoms with Gasteiger partial charge in [-0.25, -0.2) is 0 Å². The molecule has 2 N–H and O–H groups in total. The lowest BCUT2D eigenvalue weighted by molar-refractivity contribution is 0.131. The second-order valence-corrected chi connectivity index (χ2v) is 5.48. The third kappa shape index (κ3) is 3.44. The maximum Gasteiger partial charge on any atom is 0.0408 e. The van der Waals surface area contributed by atoms with Gasteiger partial charge in [0.1, 0.15) is 0 Å². The van der Waals surface area contributed by atoms with Gasteiger partial charge in [0.15, 0.2) is 0 Å². The minimum atomic E-state index is 0.0162. The van der Waals surface area contributed by atoms with Crippen LogP contribution in [0.1, 0.15) is 25.8 Å². The molecule has 0 aliphatic heterocycles. The van der Waals surface area contributed by atoms with Gasteiger partial charge in [0.05, 0.1) is 0 Å². The fourth-order valence-electron chi connectivity index (χ4n) is 2.05. The average Bonchev–Trinajstić information content (AvgIpc) is 2.27. The fraction of sp³-hybridized carbons (Fsp3) is 0.571. The molecule has 0 aliphatic rings. The summed E-state index contributed by atoms with van der Waals surface area (Å²) >= 11 is 5.99. The maximum absolute atomic E-state index is 6.36. The number of hydrogen-bond donors (Lipinski definition) is 1. The van der Waals surface area contributed by atoms with Gasteiger partial charge < -0.3 is 10.6 Å². The van der Waals surface area contributed by atoms with Crippen LogP contribution in [0.4, 0.5) is 0 Å². The highest BCUT2D eigenvalue weighted by molar-refractivity contribution is 6.30. The van der Waals surface area contributed by atoms with Crippen LogP contribution in [0.3, 0.4) is 0 Å². The van der Waals surface area contributed by atoms with E-state index >= 15 is 0 Å². The second kappa shape index (κ2) is 5.85. The molecule has 0 fully saturated rings. The first kappa shape index (κ1) is 14.5. The summed E-state index contributed by atoms with van der Waals surface area (Å²) in [5, 5.41) is 0.776. The maximum atomic E-state index is 6.36. The predicted octanol–water partition coefficient (Wildman–Crippen LogP) is 2.94. The van der Waals surface area contributed by atoms with E-state index in [0.29, 0.717) is 0 Å². The summed E-state index contributed by atoms with van der Waals surface area (Å²) in [5.74, 6) is 0. The third-order valence-corrected chi connectivity index (χ3v) is 4.12. The average molecular weight is 255 g/mol. The Balaban J connectivity index is 2.81. The third-order valence-electron chi connectivity index (χ3n) is 3.88. The smallest absolute Gasteiger partial charge is 0.0408 e. The minimum absolute atomic E-state index is 0.0162. The van der Waals surface area contributed by atoms with Crippen LogP contribution in [0.25, 0.3) is 0 Å². The van der Waals surface area contributed by atoms with Gasteiger partial charge in [-0.1, -0.05) is 30.7 Å². The summed E-state index contributed by atoms with van der Waals surface area (Å²) in [6, 6.07) is 8.04. The molecule has 0 bridgehead atoms. The molecule has 0 saturated carbocycles. The predicted molar refractivity (Wildman–Crippen MR) is 75.5 cm³/mol. The topological polar surface area (TPSA) is 29.3 Å². The first-order valence-corrected chi connectivity index (χ1v) is 6.45. The van der Waals surface area contributed by atoms with Gasteiger partial charge in [0.2, 0.25) is 0 Å². The molecule has 0 heterocycles. The van der Waals surface area contributed by atoms with Crippen molar-refractivity contribution < 1.29 is 0 Å². The van der Waals surface area contributed by atoms with E-state index in [0.717, 1.165) is 17.9 Å². The van der Waals surface area contributed by atoms with Crippen LogP contribution in [0.2, 0.25) is 5.02 Å². The zero-order valence-electron chi connectivity index (χ0n) is 11.2. The van der Waals surface area contributed by atoms with Crippen LogP contribution in [0.15, 0.2) is 24.3 Å². The lowest BCUT2D eigenvalue weighted by atomic mass is 9.85. The van der Waals surface area contributed by atoms with Crippen LogP contribution in [0.5, 0.6) is 0 Å². The highest BCUT2D eigenvalue weighted by Gasteiger charge is 2.31. The Labute approximate surface area is 110 Å². The van der Waals surface area contributed by atoms with Crippen LogP contribution >= 0.6 is 11.6 Å². The van der Waals surface area contributed by atoms with Crippen LogP contribution in [-0.4, -0.2) is 30.6 Å². The number of nitrogens with zero attached hydrogens (tertiary/aromatic N) is 1. The first-order valence-electron chi connectivity index (χ1n) is 6.07. The highest BCUT2D eigenvalue weighted by Crippen LogP contribution is 2.23. The van der Waals surface area contributed by atoms with Crippen molar-refractivity contribution in [2.24, 2.45) is 5.73 Å². The number of rotatable bonds is 5. The van der Waals surface area contributed by atoms with E-state index in [1.54, 1.807) is 0 Å². The molecule has 1 aromatic rings. The quantitative estimate of drug-likeness (QED) is 0.876. The largest absolute Gasteiger partial charge is 0.326 e. The summed E-state index contributed by atoms with van der Waals surface area (Å²) < 4.78 is 0. The van der Waals surface area contributed by atoms with Crippen molar-refractivity contribution in [2.75, 3.05) is 14.1 Å². The molecule has 2 atom stereocenters. The van der Waals surface area contributed by atoms with Gasteiger partial charge in [-0.2, -0.15) is 0 Å². The van der Waals surface area contributed by atoms with Crippen molar-refractivity contribution in [1.29, 1.82) is 0 Å². The SMILES string of the molecule is CCC(C)(C(N)Cc1cccc(Cl)c1)N(C)C. The summed E-state index contributed by atoms with van der Waals surface area (Å²) in [7, 11) is 4.17. The first-order chi connectivity index (χ1) is 7.90. The minimum Gasteiger partial charge on any atom is -0.326 e. The molecule has 3 heteroatoms.